The highest BCUT2D eigenvalue weighted by atomic mass is 16.8. The van der Waals surface area contributed by atoms with E-state index in [4.69, 9.17) is 14.2 Å². The largest absolute Gasteiger partial charge is 0.463 e. The predicted octanol–water partition coefficient (Wildman–Crippen LogP) is 3.67. The van der Waals surface area contributed by atoms with Crippen LogP contribution >= 0.6 is 0 Å². The highest BCUT2D eigenvalue weighted by Crippen LogP contribution is 2.28. The van der Waals surface area contributed by atoms with E-state index in [9.17, 15) is 14.4 Å². The minimum atomic E-state index is -0.896. The molecule has 30 heavy (non-hydrogen) atoms. The number of cyclic esters (lactones) is 1. The summed E-state index contributed by atoms with van der Waals surface area (Å²) in [4.78, 5) is 36.6. The Morgan fingerprint density at radius 3 is 2.40 bits per heavy atom. The molecule has 0 aliphatic carbocycles. The van der Waals surface area contributed by atoms with Gasteiger partial charge in [-0.2, -0.15) is 0 Å². The molecule has 1 aliphatic heterocycles. The minimum Gasteiger partial charge on any atom is -0.463 e. The Balaban J connectivity index is 1.87. The van der Waals surface area contributed by atoms with Crippen molar-refractivity contribution < 1.29 is 28.6 Å². The van der Waals surface area contributed by atoms with Crippen LogP contribution < -0.4 is 5.32 Å². The summed E-state index contributed by atoms with van der Waals surface area (Å²) in [5.41, 5.74) is 0.851. The molecule has 1 heterocycles. The van der Waals surface area contributed by atoms with Crippen molar-refractivity contribution in [2.75, 3.05) is 0 Å². The molecule has 0 aromatic heterocycles. The standard InChI is InChI=1S/C23H33NO6/c1-15(2)28-21(26)14-18(17-9-7-6-8-10-17)24-20(25)12-11-16(3)13-19-22(27)30-23(4,5)29-19/h6-10,15-16,18-19H,11-14H2,1-5H3,(H,24,25)/t16?,18?,19-/m0/s1. The zero-order valence-electron chi connectivity index (χ0n) is 18.5. The first kappa shape index (κ1) is 23.9. The Bertz CT molecular complexity index is 730. The van der Waals surface area contributed by atoms with Crippen LogP contribution in [0.5, 0.6) is 0 Å². The van der Waals surface area contributed by atoms with Crippen molar-refractivity contribution in [2.24, 2.45) is 5.92 Å². The predicted molar refractivity (Wildman–Crippen MR) is 111 cm³/mol. The summed E-state index contributed by atoms with van der Waals surface area (Å²) in [6.07, 6.45) is 0.645. The Labute approximate surface area is 178 Å². The van der Waals surface area contributed by atoms with Gasteiger partial charge in [0.1, 0.15) is 0 Å². The third kappa shape index (κ3) is 7.78. The van der Waals surface area contributed by atoms with E-state index < -0.39 is 17.9 Å². The quantitative estimate of drug-likeness (QED) is 0.582. The number of carbonyl (C=O) groups excluding carboxylic acids is 3. The van der Waals surface area contributed by atoms with Gasteiger partial charge < -0.3 is 19.5 Å². The molecule has 1 fully saturated rings. The van der Waals surface area contributed by atoms with E-state index in [1.807, 2.05) is 37.3 Å². The van der Waals surface area contributed by atoms with E-state index in [1.54, 1.807) is 27.7 Å². The van der Waals surface area contributed by atoms with Crippen LogP contribution in [0.2, 0.25) is 0 Å². The Morgan fingerprint density at radius 2 is 1.83 bits per heavy atom. The molecule has 1 N–H and O–H groups in total. The maximum Gasteiger partial charge on any atom is 0.337 e. The van der Waals surface area contributed by atoms with Gasteiger partial charge in [0.05, 0.1) is 18.6 Å². The molecule has 0 bridgehead atoms. The Kier molecular flexibility index (Phi) is 8.41. The lowest BCUT2D eigenvalue weighted by atomic mass is 9.97. The maximum absolute atomic E-state index is 12.6. The first-order valence-electron chi connectivity index (χ1n) is 10.5. The fourth-order valence-electron chi connectivity index (χ4n) is 3.41. The second-order valence-corrected chi connectivity index (χ2v) is 8.58. The fourth-order valence-corrected chi connectivity index (χ4v) is 3.41. The van der Waals surface area contributed by atoms with Gasteiger partial charge in [-0.25, -0.2) is 4.79 Å². The number of esters is 2. The van der Waals surface area contributed by atoms with Crippen LogP contribution in [0, 0.1) is 5.92 Å². The average molecular weight is 420 g/mol. The second kappa shape index (κ2) is 10.6. The molecule has 166 valence electrons. The van der Waals surface area contributed by atoms with E-state index >= 15 is 0 Å². The molecular formula is C23H33NO6. The smallest absolute Gasteiger partial charge is 0.337 e. The van der Waals surface area contributed by atoms with E-state index in [-0.39, 0.29) is 42.7 Å². The third-order valence-corrected chi connectivity index (χ3v) is 4.79. The van der Waals surface area contributed by atoms with Gasteiger partial charge in [0.15, 0.2) is 6.10 Å². The number of nitrogens with one attached hydrogen (secondary N) is 1. The minimum absolute atomic E-state index is 0.0698. The van der Waals surface area contributed by atoms with Crippen LogP contribution in [-0.4, -0.2) is 35.8 Å². The summed E-state index contributed by atoms with van der Waals surface area (Å²) in [7, 11) is 0. The number of carbonyl (C=O) groups is 3. The average Bonchev–Trinajstić information content (AvgIpc) is 2.91. The number of benzene rings is 1. The number of hydrogen-bond acceptors (Lipinski definition) is 6. The Hall–Kier alpha value is -2.41. The van der Waals surface area contributed by atoms with E-state index in [1.165, 1.54) is 0 Å². The van der Waals surface area contributed by atoms with Gasteiger partial charge in [-0.3, -0.25) is 9.59 Å². The summed E-state index contributed by atoms with van der Waals surface area (Å²) in [5.74, 6) is -1.66. The van der Waals surface area contributed by atoms with Crippen molar-refractivity contribution in [1.82, 2.24) is 5.32 Å². The molecule has 1 aromatic rings. The van der Waals surface area contributed by atoms with Gasteiger partial charge in [-0.05, 0) is 38.2 Å². The molecule has 7 heteroatoms. The third-order valence-electron chi connectivity index (χ3n) is 4.79. The van der Waals surface area contributed by atoms with E-state index in [0.29, 0.717) is 12.8 Å². The number of amides is 1. The van der Waals surface area contributed by atoms with Crippen LogP contribution in [0.4, 0.5) is 0 Å². The molecular weight excluding hydrogens is 386 g/mol. The topological polar surface area (TPSA) is 90.9 Å². The van der Waals surface area contributed by atoms with Crippen molar-refractivity contribution in [3.05, 3.63) is 35.9 Å². The van der Waals surface area contributed by atoms with Crippen molar-refractivity contribution in [1.29, 1.82) is 0 Å². The molecule has 0 radical (unpaired) electrons. The first-order valence-corrected chi connectivity index (χ1v) is 10.5. The van der Waals surface area contributed by atoms with Crippen LogP contribution in [0.3, 0.4) is 0 Å². The SMILES string of the molecule is CC(CCC(=O)NC(CC(=O)OC(C)C)c1ccccc1)C[C@@H]1OC(C)(C)OC1=O. The fraction of sp³-hybridized carbons (Fsp3) is 0.609. The summed E-state index contributed by atoms with van der Waals surface area (Å²) in [5, 5.41) is 2.95. The van der Waals surface area contributed by atoms with Gasteiger partial charge >= 0.3 is 11.9 Å². The molecule has 0 spiro atoms. The van der Waals surface area contributed by atoms with E-state index in [2.05, 4.69) is 5.32 Å². The maximum atomic E-state index is 12.6. The van der Waals surface area contributed by atoms with Crippen LogP contribution in [0.15, 0.2) is 30.3 Å². The molecule has 1 aliphatic rings. The lowest BCUT2D eigenvalue weighted by Crippen LogP contribution is -2.31. The molecule has 1 saturated heterocycles. The number of hydrogen-bond donors (Lipinski definition) is 1. The number of ether oxygens (including phenoxy) is 3. The van der Waals surface area contributed by atoms with E-state index in [0.717, 1.165) is 5.56 Å². The normalized spacial score (nSPS) is 19.8. The summed E-state index contributed by atoms with van der Waals surface area (Å²) >= 11 is 0. The van der Waals surface area contributed by atoms with Gasteiger partial charge in [0, 0.05) is 20.3 Å². The molecule has 2 rings (SSSR count). The summed E-state index contributed by atoms with van der Waals surface area (Å²) in [6.45, 7) is 8.97. The molecule has 2 unspecified atom stereocenters. The molecule has 7 nitrogen and oxygen atoms in total. The summed E-state index contributed by atoms with van der Waals surface area (Å²) in [6, 6.07) is 8.92. The first-order chi connectivity index (χ1) is 14.1. The molecule has 1 aromatic carbocycles. The van der Waals surface area contributed by atoms with Crippen molar-refractivity contribution in [3.8, 4) is 0 Å². The lowest BCUT2D eigenvalue weighted by molar-refractivity contribution is -0.161. The molecule has 1 amide bonds. The Morgan fingerprint density at radius 1 is 1.17 bits per heavy atom. The monoisotopic (exact) mass is 419 g/mol. The van der Waals surface area contributed by atoms with Crippen molar-refractivity contribution in [3.63, 3.8) is 0 Å². The van der Waals surface area contributed by atoms with Gasteiger partial charge in [0.2, 0.25) is 11.7 Å². The van der Waals surface area contributed by atoms with Crippen molar-refractivity contribution >= 4 is 17.8 Å². The molecule has 3 atom stereocenters. The highest BCUT2D eigenvalue weighted by molar-refractivity contribution is 5.78. The molecule has 0 saturated carbocycles. The van der Waals surface area contributed by atoms with Gasteiger partial charge in [-0.15, -0.1) is 0 Å². The number of rotatable bonds is 10. The van der Waals surface area contributed by atoms with Crippen LogP contribution in [0.25, 0.3) is 0 Å². The van der Waals surface area contributed by atoms with Crippen LogP contribution in [-0.2, 0) is 28.6 Å². The second-order valence-electron chi connectivity index (χ2n) is 8.58. The van der Waals surface area contributed by atoms with Crippen LogP contribution in [0.1, 0.15) is 71.9 Å². The van der Waals surface area contributed by atoms with Crippen molar-refractivity contribution in [2.45, 2.75) is 84.3 Å². The zero-order valence-corrected chi connectivity index (χ0v) is 18.5. The highest BCUT2D eigenvalue weighted by Gasteiger charge is 2.41. The van der Waals surface area contributed by atoms with Gasteiger partial charge in [-0.1, -0.05) is 37.3 Å². The van der Waals surface area contributed by atoms with Gasteiger partial charge in [0.25, 0.3) is 0 Å². The zero-order chi connectivity index (χ0) is 22.3. The summed E-state index contributed by atoms with van der Waals surface area (Å²) < 4.78 is 16.0. The lowest BCUT2D eigenvalue weighted by Gasteiger charge is -2.20.